The summed E-state index contributed by atoms with van der Waals surface area (Å²) in [6, 6.07) is 19.1. The van der Waals surface area contributed by atoms with Gasteiger partial charge >= 0.3 is 5.97 Å². The molecule has 1 N–H and O–H groups in total. The quantitative estimate of drug-likeness (QED) is 0.239. The van der Waals surface area contributed by atoms with Crippen LogP contribution >= 0.6 is 23.2 Å². The zero-order valence-electron chi connectivity index (χ0n) is 20.2. The first-order chi connectivity index (χ1) is 17.2. The Morgan fingerprint density at radius 2 is 1.81 bits per heavy atom. The molecule has 0 bridgehead atoms. The van der Waals surface area contributed by atoms with Crippen LogP contribution in [0, 0.1) is 6.92 Å². The number of aliphatic carboxylic acids is 1. The van der Waals surface area contributed by atoms with Crippen molar-refractivity contribution in [3.8, 4) is 22.6 Å². The Balaban J connectivity index is 1.60. The van der Waals surface area contributed by atoms with Gasteiger partial charge < -0.3 is 9.84 Å². The summed E-state index contributed by atoms with van der Waals surface area (Å²) in [5, 5.41) is 14.5. The van der Waals surface area contributed by atoms with E-state index in [9.17, 15) is 4.79 Å². The summed E-state index contributed by atoms with van der Waals surface area (Å²) in [4.78, 5) is 10.8. The van der Waals surface area contributed by atoms with Crippen molar-refractivity contribution in [2.75, 3.05) is 0 Å². The summed E-state index contributed by atoms with van der Waals surface area (Å²) in [5.41, 5.74) is 6.49. The summed E-state index contributed by atoms with van der Waals surface area (Å²) in [6.07, 6.45) is 4.55. The summed E-state index contributed by atoms with van der Waals surface area (Å²) in [7, 11) is 0. The molecule has 1 heterocycles. The fourth-order valence-corrected chi connectivity index (χ4v) is 4.63. The standard InChI is InChI=1S/C29H26Cl2N2O3/c1-18(2)24-16-32-33(29-25(30)8-5-9-26(29)31)27(24)17-36-22-11-12-23(19(3)14-22)21-7-4-6-20(15-21)10-13-28(34)35/h4-16,18H,17H2,1-3H3,(H,34,35). The molecule has 4 rings (SSSR count). The molecule has 0 saturated carbocycles. The first kappa shape index (κ1) is 25.5. The van der Waals surface area contributed by atoms with E-state index in [2.05, 4.69) is 18.9 Å². The smallest absolute Gasteiger partial charge is 0.328 e. The average molecular weight is 521 g/mol. The van der Waals surface area contributed by atoms with Crippen molar-refractivity contribution in [1.82, 2.24) is 9.78 Å². The first-order valence-corrected chi connectivity index (χ1v) is 12.3. The van der Waals surface area contributed by atoms with E-state index in [4.69, 9.17) is 33.0 Å². The zero-order valence-corrected chi connectivity index (χ0v) is 21.7. The molecule has 5 nitrogen and oxygen atoms in total. The van der Waals surface area contributed by atoms with E-state index in [-0.39, 0.29) is 5.92 Å². The maximum absolute atomic E-state index is 10.8. The van der Waals surface area contributed by atoms with Gasteiger partial charge in [-0.25, -0.2) is 9.48 Å². The van der Waals surface area contributed by atoms with Gasteiger partial charge in [0.15, 0.2) is 0 Å². The zero-order chi connectivity index (χ0) is 25.8. The lowest BCUT2D eigenvalue weighted by Gasteiger charge is -2.16. The number of aromatic nitrogens is 2. The minimum Gasteiger partial charge on any atom is -0.487 e. The number of hydrogen-bond acceptors (Lipinski definition) is 3. The number of aryl methyl sites for hydroxylation is 1. The van der Waals surface area contributed by atoms with Gasteiger partial charge in [-0.05, 0) is 77.1 Å². The molecule has 0 saturated heterocycles. The van der Waals surface area contributed by atoms with E-state index in [1.807, 2.05) is 55.6 Å². The maximum Gasteiger partial charge on any atom is 0.328 e. The molecule has 0 radical (unpaired) electrons. The number of nitrogens with zero attached hydrogens (tertiary/aromatic N) is 2. The summed E-state index contributed by atoms with van der Waals surface area (Å²) >= 11 is 12.9. The first-order valence-electron chi connectivity index (χ1n) is 11.5. The number of halogens is 2. The Morgan fingerprint density at radius 3 is 2.47 bits per heavy atom. The second-order valence-corrected chi connectivity index (χ2v) is 9.56. The number of carbonyl (C=O) groups is 1. The number of benzene rings is 3. The lowest BCUT2D eigenvalue weighted by molar-refractivity contribution is -0.131. The summed E-state index contributed by atoms with van der Waals surface area (Å²) in [5.74, 6) is -0.00655. The van der Waals surface area contributed by atoms with Crippen molar-refractivity contribution in [2.45, 2.75) is 33.3 Å². The van der Waals surface area contributed by atoms with Crippen molar-refractivity contribution in [2.24, 2.45) is 0 Å². The molecule has 0 aliphatic rings. The van der Waals surface area contributed by atoms with Crippen LogP contribution in [0.2, 0.25) is 10.0 Å². The fraction of sp³-hybridized carbons (Fsp3) is 0.172. The SMILES string of the molecule is Cc1cc(OCc2c(C(C)C)cnn2-c2c(Cl)cccc2Cl)ccc1-c1cccc(C=CC(=O)O)c1. The predicted octanol–water partition coefficient (Wildman–Crippen LogP) is 7.95. The Kier molecular flexibility index (Phi) is 7.82. The highest BCUT2D eigenvalue weighted by molar-refractivity contribution is 6.37. The molecule has 0 unspecified atom stereocenters. The Hall–Kier alpha value is -3.54. The normalized spacial score (nSPS) is 11.4. The van der Waals surface area contributed by atoms with Crippen LogP contribution in [0.15, 0.2) is 72.9 Å². The predicted molar refractivity (Wildman–Crippen MR) is 145 cm³/mol. The molecule has 0 aliphatic heterocycles. The minimum atomic E-state index is -0.975. The van der Waals surface area contributed by atoms with Gasteiger partial charge in [0.05, 0.1) is 21.9 Å². The Morgan fingerprint density at radius 1 is 1.08 bits per heavy atom. The second-order valence-electron chi connectivity index (χ2n) is 8.75. The van der Waals surface area contributed by atoms with E-state index in [1.54, 1.807) is 29.0 Å². The third kappa shape index (κ3) is 5.64. The molecule has 1 aromatic heterocycles. The highest BCUT2D eigenvalue weighted by Gasteiger charge is 2.19. The van der Waals surface area contributed by atoms with E-state index in [0.717, 1.165) is 45.3 Å². The van der Waals surface area contributed by atoms with Gasteiger partial charge in [0.1, 0.15) is 18.0 Å². The second kappa shape index (κ2) is 11.0. The van der Waals surface area contributed by atoms with Gasteiger partial charge in [-0.2, -0.15) is 5.10 Å². The van der Waals surface area contributed by atoms with Crippen molar-refractivity contribution < 1.29 is 14.6 Å². The molecular weight excluding hydrogens is 495 g/mol. The average Bonchev–Trinajstić information content (AvgIpc) is 3.25. The third-order valence-corrected chi connectivity index (χ3v) is 6.47. The molecule has 0 aliphatic carbocycles. The van der Waals surface area contributed by atoms with Crippen LogP contribution in [0.25, 0.3) is 22.9 Å². The molecule has 3 aromatic carbocycles. The van der Waals surface area contributed by atoms with Crippen LogP contribution in [0.3, 0.4) is 0 Å². The summed E-state index contributed by atoms with van der Waals surface area (Å²) in [6.45, 7) is 6.54. The molecule has 7 heteroatoms. The van der Waals surface area contributed by atoms with E-state index >= 15 is 0 Å². The molecule has 36 heavy (non-hydrogen) atoms. The maximum atomic E-state index is 10.8. The van der Waals surface area contributed by atoms with E-state index in [1.165, 1.54) is 0 Å². The highest BCUT2D eigenvalue weighted by Crippen LogP contribution is 2.33. The van der Waals surface area contributed by atoms with Gasteiger partial charge in [-0.1, -0.05) is 67.4 Å². The monoisotopic (exact) mass is 520 g/mol. The van der Waals surface area contributed by atoms with Crippen LogP contribution in [-0.2, 0) is 11.4 Å². The lowest BCUT2D eigenvalue weighted by Crippen LogP contribution is -2.09. The molecule has 184 valence electrons. The van der Waals surface area contributed by atoms with Gasteiger partial charge in [0.2, 0.25) is 0 Å². The van der Waals surface area contributed by atoms with Gasteiger partial charge in [-0.15, -0.1) is 0 Å². The van der Waals surface area contributed by atoms with E-state index < -0.39 is 5.97 Å². The Labute approximate surface area is 220 Å². The summed E-state index contributed by atoms with van der Waals surface area (Å²) < 4.78 is 7.98. The van der Waals surface area contributed by atoms with Crippen molar-refractivity contribution in [1.29, 1.82) is 0 Å². The number of carboxylic acid groups (broad SMARTS) is 1. The molecule has 0 atom stereocenters. The van der Waals surface area contributed by atoms with Gasteiger partial charge in [0, 0.05) is 6.08 Å². The molecular formula is C29H26Cl2N2O3. The topological polar surface area (TPSA) is 64.4 Å². The van der Waals surface area contributed by atoms with Crippen molar-refractivity contribution >= 4 is 35.2 Å². The van der Waals surface area contributed by atoms with Crippen molar-refractivity contribution in [3.63, 3.8) is 0 Å². The molecule has 4 aromatic rings. The highest BCUT2D eigenvalue weighted by atomic mass is 35.5. The largest absolute Gasteiger partial charge is 0.487 e. The lowest BCUT2D eigenvalue weighted by atomic mass is 9.98. The van der Waals surface area contributed by atoms with Gasteiger partial charge in [0.25, 0.3) is 0 Å². The number of carboxylic acids is 1. The van der Waals surface area contributed by atoms with Crippen molar-refractivity contribution in [3.05, 3.63) is 105 Å². The van der Waals surface area contributed by atoms with Crippen LogP contribution < -0.4 is 4.74 Å². The number of rotatable bonds is 8. The van der Waals surface area contributed by atoms with E-state index in [0.29, 0.717) is 22.3 Å². The molecule has 0 spiro atoms. The van der Waals surface area contributed by atoms with Crippen LogP contribution in [-0.4, -0.2) is 20.9 Å². The Bertz CT molecular complexity index is 1420. The molecule has 0 amide bonds. The number of hydrogen-bond donors (Lipinski definition) is 1. The molecule has 0 fully saturated rings. The van der Waals surface area contributed by atoms with Crippen LogP contribution in [0.4, 0.5) is 0 Å². The fourth-order valence-electron chi connectivity index (χ4n) is 4.08. The van der Waals surface area contributed by atoms with Crippen LogP contribution in [0.1, 0.15) is 42.1 Å². The van der Waals surface area contributed by atoms with Crippen LogP contribution in [0.5, 0.6) is 5.75 Å². The third-order valence-electron chi connectivity index (χ3n) is 5.86. The van der Waals surface area contributed by atoms with Gasteiger partial charge in [-0.3, -0.25) is 0 Å². The minimum absolute atomic E-state index is 0.241. The number of ether oxygens (including phenoxy) is 1. The number of para-hydroxylation sites is 1.